The van der Waals surface area contributed by atoms with E-state index in [1.54, 1.807) is 0 Å². The van der Waals surface area contributed by atoms with Crippen LogP contribution in [0.25, 0.3) is 42.4 Å². The van der Waals surface area contributed by atoms with Crippen molar-refractivity contribution in [3.8, 4) is 22.3 Å². The van der Waals surface area contributed by atoms with Crippen molar-refractivity contribution >= 4 is 48.6 Å². The Kier molecular flexibility index (Phi) is 4.57. The normalized spacial score (nSPS) is 20.8. The standard InChI is InChI=1S/C43H27NS/c1-2-10-26(11-3-1)44(27-21-23-40-36(24-27)31-13-5-7-19-39(31)45-40)28-20-22-30-33-15-9-17-35-34-16-8-14-32-29-12-4-6-18-37(29)43(41(32)34,42(33)35)38(30)25-28/h1-25,29,37H. The lowest BCUT2D eigenvalue weighted by atomic mass is 9.67. The van der Waals surface area contributed by atoms with Gasteiger partial charge in [0.2, 0.25) is 0 Å². The van der Waals surface area contributed by atoms with Gasteiger partial charge in [-0.2, -0.15) is 0 Å². The predicted octanol–water partition coefficient (Wildman–Crippen LogP) is 11.7. The summed E-state index contributed by atoms with van der Waals surface area (Å²) < 4.78 is 2.66. The van der Waals surface area contributed by atoms with Crippen molar-refractivity contribution in [3.05, 3.63) is 174 Å². The lowest BCUT2D eigenvalue weighted by Gasteiger charge is -2.35. The minimum Gasteiger partial charge on any atom is -0.310 e. The van der Waals surface area contributed by atoms with Gasteiger partial charge in [-0.05, 0) is 93.0 Å². The van der Waals surface area contributed by atoms with Crippen LogP contribution in [0.4, 0.5) is 17.1 Å². The Hall–Kier alpha value is -5.18. The number of benzene rings is 6. The SMILES string of the molecule is C1=CC2c3cccc4c3C3(c5cc(N(c6ccccc6)c6ccc7sc8ccccc8c7c6)ccc5-c5cccc-4c53)C2C=C1. The van der Waals surface area contributed by atoms with Crippen molar-refractivity contribution in [2.45, 2.75) is 11.3 Å². The fourth-order valence-electron chi connectivity index (χ4n) is 9.27. The molecule has 0 bridgehead atoms. The highest BCUT2D eigenvalue weighted by Gasteiger charge is 2.61. The average molecular weight is 590 g/mol. The number of allylic oxidation sites excluding steroid dienone is 4. The average Bonchev–Trinajstić information content (AvgIpc) is 3.80. The molecule has 4 aliphatic carbocycles. The van der Waals surface area contributed by atoms with Gasteiger partial charge in [0.25, 0.3) is 0 Å². The minimum atomic E-state index is -0.176. The molecule has 45 heavy (non-hydrogen) atoms. The second kappa shape index (κ2) is 8.50. The summed E-state index contributed by atoms with van der Waals surface area (Å²) in [5.41, 5.74) is 15.0. The van der Waals surface area contributed by atoms with E-state index in [0.29, 0.717) is 11.8 Å². The summed E-state index contributed by atoms with van der Waals surface area (Å²) in [5, 5.41) is 2.64. The van der Waals surface area contributed by atoms with Crippen LogP contribution in [0.2, 0.25) is 0 Å². The monoisotopic (exact) mass is 589 g/mol. The Balaban J connectivity index is 1.19. The molecule has 1 aromatic heterocycles. The topological polar surface area (TPSA) is 3.24 Å². The zero-order chi connectivity index (χ0) is 29.3. The van der Waals surface area contributed by atoms with E-state index in [1.807, 2.05) is 11.3 Å². The van der Waals surface area contributed by atoms with Gasteiger partial charge in [-0.3, -0.25) is 0 Å². The highest BCUT2D eigenvalue weighted by Crippen LogP contribution is 2.71. The molecule has 0 aliphatic heterocycles. The van der Waals surface area contributed by atoms with E-state index in [0.717, 1.165) is 0 Å². The van der Waals surface area contributed by atoms with Crippen molar-refractivity contribution in [3.63, 3.8) is 0 Å². The first kappa shape index (κ1) is 24.2. The maximum atomic E-state index is 2.53. The zero-order valence-electron chi connectivity index (χ0n) is 24.4. The molecular formula is C43H27NS. The van der Waals surface area contributed by atoms with Crippen LogP contribution in [0.1, 0.15) is 28.2 Å². The van der Waals surface area contributed by atoms with Crippen LogP contribution in [-0.4, -0.2) is 0 Å². The van der Waals surface area contributed by atoms with Crippen LogP contribution in [0.15, 0.2) is 152 Å². The first-order valence-corrected chi connectivity index (χ1v) is 16.7. The molecule has 0 radical (unpaired) electrons. The molecular weight excluding hydrogens is 563 g/mol. The van der Waals surface area contributed by atoms with Crippen LogP contribution in [0.3, 0.4) is 0 Å². The zero-order valence-corrected chi connectivity index (χ0v) is 25.3. The Morgan fingerprint density at radius 3 is 2.13 bits per heavy atom. The highest BCUT2D eigenvalue weighted by molar-refractivity contribution is 7.25. The molecule has 0 saturated heterocycles. The van der Waals surface area contributed by atoms with Gasteiger partial charge < -0.3 is 4.90 Å². The van der Waals surface area contributed by atoms with Crippen molar-refractivity contribution < 1.29 is 0 Å². The molecule has 2 heteroatoms. The van der Waals surface area contributed by atoms with E-state index in [9.17, 15) is 0 Å². The molecule has 0 saturated carbocycles. The first-order valence-electron chi connectivity index (χ1n) is 15.9. The summed E-state index contributed by atoms with van der Waals surface area (Å²) in [5.74, 6) is 0.747. The first-order chi connectivity index (χ1) is 22.3. The third-order valence-electron chi connectivity index (χ3n) is 10.8. The van der Waals surface area contributed by atoms with E-state index >= 15 is 0 Å². The van der Waals surface area contributed by atoms with E-state index in [2.05, 4.69) is 157 Å². The molecule has 11 rings (SSSR count). The van der Waals surface area contributed by atoms with Crippen molar-refractivity contribution in [2.75, 3.05) is 4.90 Å². The van der Waals surface area contributed by atoms with Crippen LogP contribution >= 0.6 is 11.3 Å². The Morgan fingerprint density at radius 1 is 0.511 bits per heavy atom. The summed E-state index contributed by atoms with van der Waals surface area (Å²) in [6.45, 7) is 0. The number of nitrogens with zero attached hydrogens (tertiary/aromatic N) is 1. The van der Waals surface area contributed by atoms with Crippen molar-refractivity contribution in [2.24, 2.45) is 5.92 Å². The summed E-state index contributed by atoms with van der Waals surface area (Å²) in [6, 6.07) is 47.9. The largest absolute Gasteiger partial charge is 0.310 e. The number of para-hydroxylation sites is 1. The van der Waals surface area contributed by atoms with Gasteiger partial charge in [0.05, 0.1) is 5.41 Å². The van der Waals surface area contributed by atoms with E-state index in [1.165, 1.54) is 81.7 Å². The molecule has 210 valence electrons. The van der Waals surface area contributed by atoms with Gasteiger partial charge in [-0.15, -0.1) is 11.3 Å². The van der Waals surface area contributed by atoms with Gasteiger partial charge >= 0.3 is 0 Å². The quantitative estimate of drug-likeness (QED) is 0.198. The van der Waals surface area contributed by atoms with Crippen LogP contribution in [-0.2, 0) is 5.41 Å². The predicted molar refractivity (Wildman–Crippen MR) is 189 cm³/mol. The maximum absolute atomic E-state index is 2.53. The van der Waals surface area contributed by atoms with Gasteiger partial charge in [0.15, 0.2) is 0 Å². The molecule has 1 heterocycles. The molecule has 1 spiro atoms. The van der Waals surface area contributed by atoms with Gasteiger partial charge in [-0.25, -0.2) is 0 Å². The van der Waals surface area contributed by atoms with Crippen molar-refractivity contribution in [1.82, 2.24) is 0 Å². The van der Waals surface area contributed by atoms with Gasteiger partial charge in [0.1, 0.15) is 0 Å². The summed E-state index contributed by atoms with van der Waals surface area (Å²) in [6.07, 6.45) is 9.46. The Morgan fingerprint density at radius 2 is 1.22 bits per heavy atom. The van der Waals surface area contributed by atoms with E-state index in [-0.39, 0.29) is 5.41 Å². The molecule has 0 N–H and O–H groups in total. The Labute approximate surface area is 266 Å². The summed E-state index contributed by atoms with van der Waals surface area (Å²) in [7, 11) is 0. The fraction of sp³-hybridized carbons (Fsp3) is 0.0698. The Bertz CT molecular complexity index is 2460. The second-order valence-electron chi connectivity index (χ2n) is 12.8. The third kappa shape index (κ3) is 2.90. The maximum Gasteiger partial charge on any atom is 0.0550 e. The molecule has 1 nitrogen and oxygen atoms in total. The number of hydrogen-bond acceptors (Lipinski definition) is 2. The van der Waals surface area contributed by atoms with E-state index in [4.69, 9.17) is 0 Å². The summed E-state index contributed by atoms with van der Waals surface area (Å²) in [4.78, 5) is 2.46. The van der Waals surface area contributed by atoms with Crippen LogP contribution in [0.5, 0.6) is 0 Å². The number of anilines is 3. The molecule has 0 amide bonds. The molecule has 3 unspecified atom stereocenters. The second-order valence-corrected chi connectivity index (χ2v) is 13.9. The highest BCUT2D eigenvalue weighted by atomic mass is 32.1. The third-order valence-corrected chi connectivity index (χ3v) is 12.0. The minimum absolute atomic E-state index is 0.176. The van der Waals surface area contributed by atoms with Gasteiger partial charge in [0, 0.05) is 49.1 Å². The number of hydrogen-bond donors (Lipinski definition) is 0. The lowest BCUT2D eigenvalue weighted by molar-refractivity contribution is 0.472. The smallest absolute Gasteiger partial charge is 0.0550 e. The molecule has 3 atom stereocenters. The van der Waals surface area contributed by atoms with E-state index < -0.39 is 0 Å². The van der Waals surface area contributed by atoms with Gasteiger partial charge in [-0.1, -0.05) is 103 Å². The molecule has 4 aliphatic rings. The fourth-order valence-corrected chi connectivity index (χ4v) is 10.4. The van der Waals surface area contributed by atoms with Crippen LogP contribution in [0, 0.1) is 5.92 Å². The number of fused-ring (bicyclic) bond motifs is 8. The number of thiophene rings is 1. The van der Waals surface area contributed by atoms with Crippen molar-refractivity contribution in [1.29, 1.82) is 0 Å². The lowest BCUT2D eigenvalue weighted by Crippen LogP contribution is -2.31. The molecule has 0 fully saturated rings. The molecule has 6 aromatic carbocycles. The molecule has 7 aromatic rings. The number of rotatable bonds is 3. The van der Waals surface area contributed by atoms with Crippen LogP contribution < -0.4 is 4.90 Å². The summed E-state index contributed by atoms with van der Waals surface area (Å²) >= 11 is 1.87.